The monoisotopic (exact) mass is 349 g/mol. The Hall–Kier alpha value is -2.87. The van der Waals surface area contributed by atoms with Crippen LogP contribution in [0.5, 0.6) is 0 Å². The third-order valence-electron chi connectivity index (χ3n) is 4.49. The fraction of sp³-hybridized carbons (Fsp3) is 0.235. The van der Waals surface area contributed by atoms with E-state index in [9.17, 15) is 0 Å². The Balaban J connectivity index is 1.51. The molecule has 5 rings (SSSR count). The minimum Gasteiger partial charge on any atom is -0.340 e. The van der Waals surface area contributed by atoms with Crippen molar-refractivity contribution in [2.45, 2.75) is 25.7 Å². The first-order valence-electron chi connectivity index (χ1n) is 8.24. The van der Waals surface area contributed by atoms with Crippen LogP contribution in [0.1, 0.15) is 23.3 Å². The maximum atomic E-state index is 4.50. The van der Waals surface area contributed by atoms with Crippen LogP contribution >= 0.6 is 11.3 Å². The van der Waals surface area contributed by atoms with Crippen molar-refractivity contribution in [3.05, 3.63) is 47.4 Å². The molecule has 8 heteroatoms. The number of hydrogen-bond donors (Lipinski definition) is 1. The molecule has 1 aromatic carbocycles. The van der Waals surface area contributed by atoms with Gasteiger partial charge < -0.3 is 5.32 Å². The number of nitrogens with zero attached hydrogens (tertiary/aromatic N) is 6. The summed E-state index contributed by atoms with van der Waals surface area (Å²) in [5.74, 6) is 0.888. The van der Waals surface area contributed by atoms with Crippen molar-refractivity contribution in [2.24, 2.45) is 0 Å². The number of tetrazole rings is 1. The molecule has 3 heterocycles. The summed E-state index contributed by atoms with van der Waals surface area (Å²) in [6.07, 6.45) is 8.02. The molecule has 0 saturated carbocycles. The van der Waals surface area contributed by atoms with Crippen LogP contribution in [-0.4, -0.2) is 30.2 Å². The molecule has 0 radical (unpaired) electrons. The van der Waals surface area contributed by atoms with Gasteiger partial charge in [-0.25, -0.2) is 14.6 Å². The standard InChI is InChI=1S/C17H15N7S/c1-2-4-14-13(3-1)15-16(18-9-19-17(15)25-14)21-11-5-7-12(8-6-11)24-10-20-22-23-24/h5-10H,1-4H2,(H,18,19,21). The molecule has 25 heavy (non-hydrogen) atoms. The van der Waals surface area contributed by atoms with Crippen LogP contribution in [0.2, 0.25) is 0 Å². The molecule has 0 bridgehead atoms. The molecular weight excluding hydrogens is 334 g/mol. The van der Waals surface area contributed by atoms with E-state index in [1.807, 2.05) is 35.6 Å². The van der Waals surface area contributed by atoms with E-state index in [0.717, 1.165) is 34.9 Å². The highest BCUT2D eigenvalue weighted by Crippen LogP contribution is 2.38. The van der Waals surface area contributed by atoms with E-state index in [0.29, 0.717) is 0 Å². The molecule has 4 aromatic rings. The minimum absolute atomic E-state index is 0.888. The number of aryl methyl sites for hydroxylation is 2. The molecule has 0 amide bonds. The Bertz CT molecular complexity index is 1020. The zero-order valence-electron chi connectivity index (χ0n) is 13.4. The minimum atomic E-state index is 0.888. The van der Waals surface area contributed by atoms with Crippen molar-refractivity contribution in [1.29, 1.82) is 0 Å². The van der Waals surface area contributed by atoms with Gasteiger partial charge in [-0.15, -0.1) is 16.4 Å². The largest absolute Gasteiger partial charge is 0.340 e. The van der Waals surface area contributed by atoms with Crippen molar-refractivity contribution in [3.63, 3.8) is 0 Å². The smallest absolute Gasteiger partial charge is 0.143 e. The van der Waals surface area contributed by atoms with Crippen LogP contribution in [0, 0.1) is 0 Å². The van der Waals surface area contributed by atoms with E-state index in [4.69, 9.17) is 0 Å². The first-order valence-corrected chi connectivity index (χ1v) is 9.06. The molecule has 0 fully saturated rings. The van der Waals surface area contributed by atoms with Gasteiger partial charge in [0.25, 0.3) is 0 Å². The maximum absolute atomic E-state index is 4.50. The number of nitrogens with one attached hydrogen (secondary N) is 1. The number of anilines is 2. The van der Waals surface area contributed by atoms with Crippen molar-refractivity contribution in [3.8, 4) is 5.69 Å². The molecule has 124 valence electrons. The summed E-state index contributed by atoms with van der Waals surface area (Å²) in [6.45, 7) is 0. The van der Waals surface area contributed by atoms with Gasteiger partial charge in [-0.3, -0.25) is 0 Å². The Morgan fingerprint density at radius 3 is 2.76 bits per heavy atom. The van der Waals surface area contributed by atoms with Gasteiger partial charge in [0.2, 0.25) is 0 Å². The van der Waals surface area contributed by atoms with Crippen molar-refractivity contribution in [1.82, 2.24) is 30.2 Å². The second-order valence-corrected chi connectivity index (χ2v) is 7.12. The molecule has 7 nitrogen and oxygen atoms in total. The van der Waals surface area contributed by atoms with Crippen LogP contribution < -0.4 is 5.32 Å². The van der Waals surface area contributed by atoms with E-state index < -0.39 is 0 Å². The SMILES string of the molecule is c1nc(Nc2ccc(-n3cnnn3)cc2)c2c3c(sc2n1)CCCC3. The van der Waals surface area contributed by atoms with Crippen LogP contribution in [0.3, 0.4) is 0 Å². The Morgan fingerprint density at radius 1 is 1.04 bits per heavy atom. The van der Waals surface area contributed by atoms with Gasteiger partial charge in [0, 0.05) is 10.6 Å². The van der Waals surface area contributed by atoms with Gasteiger partial charge in [0.1, 0.15) is 23.3 Å². The number of benzene rings is 1. The number of aromatic nitrogens is 6. The number of fused-ring (bicyclic) bond motifs is 3. The average Bonchev–Trinajstić information content (AvgIpc) is 3.30. The molecule has 0 unspecified atom stereocenters. The first kappa shape index (κ1) is 14.5. The lowest BCUT2D eigenvalue weighted by atomic mass is 9.97. The Labute approximate surface area is 147 Å². The van der Waals surface area contributed by atoms with E-state index in [1.54, 1.807) is 17.3 Å². The molecule has 1 N–H and O–H groups in total. The fourth-order valence-corrected chi connectivity index (χ4v) is 4.53. The van der Waals surface area contributed by atoms with E-state index in [2.05, 4.69) is 30.8 Å². The molecule has 0 atom stereocenters. The molecule has 0 spiro atoms. The van der Waals surface area contributed by atoms with Gasteiger partial charge in [0.05, 0.1) is 11.1 Å². The zero-order chi connectivity index (χ0) is 16.6. The van der Waals surface area contributed by atoms with Crippen molar-refractivity contribution >= 4 is 33.1 Å². The molecular formula is C17H15N7S. The zero-order valence-corrected chi connectivity index (χ0v) is 14.2. The number of thiophene rings is 1. The van der Waals surface area contributed by atoms with Gasteiger partial charge in [-0.1, -0.05) is 0 Å². The van der Waals surface area contributed by atoms with Gasteiger partial charge in [-0.05, 0) is 65.9 Å². The predicted octanol–water partition coefficient (Wildman–Crippen LogP) is 3.29. The maximum Gasteiger partial charge on any atom is 0.143 e. The topological polar surface area (TPSA) is 81.4 Å². The second-order valence-electron chi connectivity index (χ2n) is 6.04. The Kier molecular flexibility index (Phi) is 3.41. The average molecular weight is 349 g/mol. The lowest BCUT2D eigenvalue weighted by Gasteiger charge is -2.12. The summed E-state index contributed by atoms with van der Waals surface area (Å²) in [5, 5.41) is 15.9. The van der Waals surface area contributed by atoms with Crippen LogP contribution in [-0.2, 0) is 12.8 Å². The summed E-state index contributed by atoms with van der Waals surface area (Å²) in [5.41, 5.74) is 3.32. The molecule has 0 saturated heterocycles. The van der Waals surface area contributed by atoms with Crippen LogP contribution in [0.25, 0.3) is 15.9 Å². The van der Waals surface area contributed by atoms with Crippen molar-refractivity contribution in [2.75, 3.05) is 5.32 Å². The van der Waals surface area contributed by atoms with Crippen LogP contribution in [0.4, 0.5) is 11.5 Å². The molecule has 1 aliphatic rings. The van der Waals surface area contributed by atoms with Gasteiger partial charge in [-0.2, -0.15) is 0 Å². The van der Waals surface area contributed by atoms with E-state index >= 15 is 0 Å². The summed E-state index contributed by atoms with van der Waals surface area (Å²) < 4.78 is 1.63. The lowest BCUT2D eigenvalue weighted by molar-refractivity contribution is 0.700. The molecule has 0 aliphatic heterocycles. The Morgan fingerprint density at radius 2 is 1.92 bits per heavy atom. The van der Waals surface area contributed by atoms with E-state index in [1.165, 1.54) is 28.7 Å². The van der Waals surface area contributed by atoms with Crippen LogP contribution in [0.15, 0.2) is 36.9 Å². The number of rotatable bonds is 3. The highest BCUT2D eigenvalue weighted by Gasteiger charge is 2.19. The molecule has 3 aromatic heterocycles. The van der Waals surface area contributed by atoms with Gasteiger partial charge >= 0.3 is 0 Å². The summed E-state index contributed by atoms with van der Waals surface area (Å²) in [7, 11) is 0. The quantitative estimate of drug-likeness (QED) is 0.611. The predicted molar refractivity (Wildman–Crippen MR) is 96.5 cm³/mol. The molecule has 1 aliphatic carbocycles. The first-order chi connectivity index (χ1) is 12.4. The fourth-order valence-electron chi connectivity index (χ4n) is 3.30. The number of hydrogen-bond acceptors (Lipinski definition) is 7. The summed E-state index contributed by atoms with van der Waals surface area (Å²) >= 11 is 1.81. The summed E-state index contributed by atoms with van der Waals surface area (Å²) in [4.78, 5) is 11.5. The van der Waals surface area contributed by atoms with Gasteiger partial charge in [0.15, 0.2) is 0 Å². The third-order valence-corrected chi connectivity index (χ3v) is 5.69. The van der Waals surface area contributed by atoms with E-state index in [-0.39, 0.29) is 0 Å². The highest BCUT2D eigenvalue weighted by atomic mass is 32.1. The lowest BCUT2D eigenvalue weighted by Crippen LogP contribution is -2.01. The normalized spacial score (nSPS) is 13.8. The second kappa shape index (κ2) is 5.89. The third kappa shape index (κ3) is 2.54. The highest BCUT2D eigenvalue weighted by molar-refractivity contribution is 7.19. The summed E-state index contributed by atoms with van der Waals surface area (Å²) in [6, 6.07) is 7.95. The van der Waals surface area contributed by atoms with Crippen molar-refractivity contribution < 1.29 is 0 Å².